The van der Waals surface area contributed by atoms with Crippen LogP contribution in [0.2, 0.25) is 0 Å². The van der Waals surface area contributed by atoms with Crippen LogP contribution in [0.1, 0.15) is 11.1 Å². The number of aromatic nitrogens is 3. The topological polar surface area (TPSA) is 116 Å². The fraction of sp³-hybridized carbons (Fsp3) is 0.0833. The van der Waals surface area contributed by atoms with Crippen LogP contribution in [0.5, 0.6) is 0 Å². The first-order valence-electron chi connectivity index (χ1n) is 10.7. The van der Waals surface area contributed by atoms with Gasteiger partial charge in [0.05, 0.1) is 5.69 Å². The molecule has 0 fully saturated rings. The van der Waals surface area contributed by atoms with Crippen LogP contribution in [-0.2, 0) is 13.1 Å². The van der Waals surface area contributed by atoms with Gasteiger partial charge in [-0.25, -0.2) is 23.4 Å². The van der Waals surface area contributed by atoms with Gasteiger partial charge in [0.2, 0.25) is 17.8 Å². The lowest BCUT2D eigenvalue weighted by Crippen LogP contribution is -2.34. The average molecular weight is 494 g/mol. The molecule has 1 heterocycles. The van der Waals surface area contributed by atoms with Crippen molar-refractivity contribution in [3.63, 3.8) is 0 Å². The summed E-state index contributed by atoms with van der Waals surface area (Å²) < 4.78 is 40.1. The van der Waals surface area contributed by atoms with Crippen LogP contribution in [0.4, 0.5) is 41.5 Å². The molecule has 1 aromatic heterocycles. The summed E-state index contributed by atoms with van der Waals surface area (Å²) in [5.74, 6) is -0.983. The van der Waals surface area contributed by atoms with Crippen LogP contribution < -0.4 is 26.8 Å². The first-order chi connectivity index (χ1) is 17.4. The Labute approximate surface area is 204 Å². The number of para-hydroxylation sites is 1. The second-order valence-corrected chi connectivity index (χ2v) is 7.45. The van der Waals surface area contributed by atoms with E-state index in [-0.39, 0.29) is 35.2 Å². The molecule has 0 aliphatic carbocycles. The van der Waals surface area contributed by atoms with E-state index >= 15 is 0 Å². The van der Waals surface area contributed by atoms with Gasteiger partial charge in [0.25, 0.3) is 0 Å². The number of anilines is 4. The van der Waals surface area contributed by atoms with Gasteiger partial charge in [-0.15, -0.1) is 0 Å². The molecule has 4 rings (SSSR count). The zero-order valence-electron chi connectivity index (χ0n) is 18.7. The number of benzene rings is 3. The fourth-order valence-electron chi connectivity index (χ4n) is 2.99. The Morgan fingerprint density at radius 1 is 0.667 bits per heavy atom. The predicted octanol–water partition coefficient (Wildman–Crippen LogP) is 4.66. The largest absolute Gasteiger partial charge is 0.350 e. The third-order valence-corrected chi connectivity index (χ3v) is 4.77. The molecule has 0 aliphatic rings. The summed E-state index contributed by atoms with van der Waals surface area (Å²) >= 11 is 0. The molecule has 184 valence electrons. The lowest BCUT2D eigenvalue weighted by molar-refractivity contribution is 0.253. The monoisotopic (exact) mass is 494 g/mol. The van der Waals surface area contributed by atoms with Crippen molar-refractivity contribution in [2.45, 2.75) is 13.1 Å². The molecule has 12 heteroatoms. The fourth-order valence-corrected chi connectivity index (χ4v) is 2.99. The molecule has 0 radical (unpaired) electrons. The number of hydrogen-bond donors (Lipinski definition) is 5. The predicted molar refractivity (Wildman–Crippen MR) is 129 cm³/mol. The number of hydrazine groups is 1. The number of carbonyl (C=O) groups excluding carboxylic acids is 1. The summed E-state index contributed by atoms with van der Waals surface area (Å²) in [4.78, 5) is 24.9. The second-order valence-electron chi connectivity index (χ2n) is 7.45. The van der Waals surface area contributed by atoms with Gasteiger partial charge < -0.3 is 16.0 Å². The summed E-state index contributed by atoms with van der Waals surface area (Å²) in [5.41, 5.74) is 6.45. The maximum Gasteiger partial charge on any atom is 0.338 e. The van der Waals surface area contributed by atoms with Gasteiger partial charge in [0.15, 0.2) is 0 Å². The molecular formula is C24H21F3N8O. The molecule has 0 atom stereocenters. The summed E-state index contributed by atoms with van der Waals surface area (Å²) in [6.07, 6.45) is 0. The molecule has 2 amide bonds. The van der Waals surface area contributed by atoms with Crippen LogP contribution in [0.3, 0.4) is 0 Å². The minimum Gasteiger partial charge on any atom is -0.350 e. The number of rotatable bonds is 9. The zero-order valence-corrected chi connectivity index (χ0v) is 18.7. The number of hydrogen-bond acceptors (Lipinski definition) is 7. The molecule has 9 nitrogen and oxygen atoms in total. The highest BCUT2D eigenvalue weighted by Crippen LogP contribution is 2.14. The maximum absolute atomic E-state index is 13.8. The molecule has 0 unspecified atom stereocenters. The Bertz CT molecular complexity index is 1250. The normalized spacial score (nSPS) is 10.4. The number of carbonyl (C=O) groups is 1. The lowest BCUT2D eigenvalue weighted by Gasteiger charge is -2.13. The van der Waals surface area contributed by atoms with Gasteiger partial charge in [-0.05, 0) is 47.5 Å². The molecule has 5 N–H and O–H groups in total. The Morgan fingerprint density at radius 2 is 1.17 bits per heavy atom. The molecule has 0 saturated carbocycles. The second kappa shape index (κ2) is 11.5. The maximum atomic E-state index is 13.8. The van der Waals surface area contributed by atoms with Gasteiger partial charge in [-0.1, -0.05) is 36.4 Å². The van der Waals surface area contributed by atoms with Gasteiger partial charge >= 0.3 is 6.03 Å². The van der Waals surface area contributed by atoms with Crippen LogP contribution >= 0.6 is 0 Å². The van der Waals surface area contributed by atoms with Gasteiger partial charge in [0.1, 0.15) is 17.5 Å². The van der Waals surface area contributed by atoms with E-state index in [4.69, 9.17) is 0 Å². The molecule has 36 heavy (non-hydrogen) atoms. The quantitative estimate of drug-likeness (QED) is 0.215. The highest BCUT2D eigenvalue weighted by Gasteiger charge is 2.10. The van der Waals surface area contributed by atoms with Crippen LogP contribution in [-0.4, -0.2) is 21.0 Å². The van der Waals surface area contributed by atoms with E-state index in [0.29, 0.717) is 13.1 Å². The van der Waals surface area contributed by atoms with E-state index in [0.717, 1.165) is 11.1 Å². The van der Waals surface area contributed by atoms with Crippen molar-refractivity contribution in [2.75, 3.05) is 21.4 Å². The zero-order chi connectivity index (χ0) is 25.3. The Balaban J connectivity index is 1.44. The van der Waals surface area contributed by atoms with Crippen molar-refractivity contribution in [3.8, 4) is 0 Å². The Morgan fingerprint density at radius 3 is 1.69 bits per heavy atom. The van der Waals surface area contributed by atoms with Crippen molar-refractivity contribution in [1.82, 2.24) is 20.4 Å². The molecule has 3 aromatic carbocycles. The molecule has 0 bridgehead atoms. The van der Waals surface area contributed by atoms with E-state index in [9.17, 15) is 18.0 Å². The summed E-state index contributed by atoms with van der Waals surface area (Å²) in [6.45, 7) is 0.588. The Kier molecular flexibility index (Phi) is 7.76. The first kappa shape index (κ1) is 24.3. The van der Waals surface area contributed by atoms with Crippen molar-refractivity contribution < 1.29 is 18.0 Å². The van der Waals surface area contributed by atoms with E-state index in [1.165, 1.54) is 42.5 Å². The summed E-state index contributed by atoms with van der Waals surface area (Å²) in [6, 6.07) is 16.8. The SMILES string of the molecule is O=C(NNc1nc(NCc2ccc(F)cc2)nc(NCc2ccc(F)cc2)n1)Nc1ccccc1F. The van der Waals surface area contributed by atoms with E-state index in [1.807, 2.05) is 0 Å². The van der Waals surface area contributed by atoms with E-state index in [1.54, 1.807) is 30.3 Å². The molecule has 0 saturated heterocycles. The average Bonchev–Trinajstić information content (AvgIpc) is 2.88. The summed E-state index contributed by atoms with van der Waals surface area (Å²) in [5, 5.41) is 8.38. The number of nitrogens with zero attached hydrogens (tertiary/aromatic N) is 3. The highest BCUT2D eigenvalue weighted by atomic mass is 19.1. The molecule has 4 aromatic rings. The van der Waals surface area contributed by atoms with Gasteiger partial charge in [-0.3, -0.25) is 5.43 Å². The number of nitrogens with one attached hydrogen (secondary N) is 5. The minimum absolute atomic E-state index is 0.00393. The van der Waals surface area contributed by atoms with Gasteiger partial charge in [-0.2, -0.15) is 15.0 Å². The van der Waals surface area contributed by atoms with E-state index < -0.39 is 11.8 Å². The van der Waals surface area contributed by atoms with Gasteiger partial charge in [0, 0.05) is 13.1 Å². The smallest absolute Gasteiger partial charge is 0.338 e. The Hall–Kier alpha value is -4.87. The van der Waals surface area contributed by atoms with Crippen LogP contribution in [0.15, 0.2) is 72.8 Å². The molecule has 0 aliphatic heterocycles. The third kappa shape index (κ3) is 7.06. The van der Waals surface area contributed by atoms with E-state index in [2.05, 4.69) is 41.8 Å². The van der Waals surface area contributed by atoms with Crippen molar-refractivity contribution in [3.05, 3.63) is 101 Å². The molecule has 0 spiro atoms. The van der Waals surface area contributed by atoms with Crippen molar-refractivity contribution >= 4 is 29.6 Å². The lowest BCUT2D eigenvalue weighted by atomic mass is 10.2. The summed E-state index contributed by atoms with van der Waals surface area (Å²) in [7, 11) is 0. The highest BCUT2D eigenvalue weighted by molar-refractivity contribution is 5.89. The van der Waals surface area contributed by atoms with Crippen molar-refractivity contribution in [1.29, 1.82) is 0 Å². The molecular weight excluding hydrogens is 473 g/mol. The van der Waals surface area contributed by atoms with Crippen molar-refractivity contribution in [2.24, 2.45) is 0 Å². The first-order valence-corrected chi connectivity index (χ1v) is 10.7. The standard InChI is InChI=1S/C24H21F3N8O/c25-17-9-5-15(6-10-17)13-28-21-31-22(29-14-16-7-11-18(26)12-8-16)33-23(32-21)34-35-24(36)30-20-4-2-1-3-19(20)27/h1-12H,13-14H2,(H2,30,35,36)(H3,28,29,31,32,33,34). The number of amides is 2. The number of urea groups is 1. The third-order valence-electron chi connectivity index (χ3n) is 4.77. The van der Waals surface area contributed by atoms with Crippen LogP contribution in [0, 0.1) is 17.5 Å². The minimum atomic E-state index is -0.748. The number of halogens is 3. The van der Waals surface area contributed by atoms with Crippen LogP contribution in [0.25, 0.3) is 0 Å².